The van der Waals surface area contributed by atoms with E-state index in [9.17, 15) is 39.9 Å². The maximum atomic E-state index is 14.3. The van der Waals surface area contributed by atoms with Gasteiger partial charge in [0.15, 0.2) is 29.0 Å². The number of hydrogen-bond donors (Lipinski definition) is 0. The van der Waals surface area contributed by atoms with Crippen molar-refractivity contribution in [2.45, 2.75) is 19.5 Å². The first-order valence-corrected chi connectivity index (χ1v) is 7.75. The van der Waals surface area contributed by atoms with Crippen LogP contribution in [-0.2, 0) is 4.79 Å². The molecule has 1 amide bonds. The molecular weight excluding hydrogens is 402 g/mol. The van der Waals surface area contributed by atoms with E-state index in [0.717, 1.165) is 0 Å². The summed E-state index contributed by atoms with van der Waals surface area (Å²) in [6.45, 7) is 1.22. The van der Waals surface area contributed by atoms with E-state index < -0.39 is 69.5 Å². The number of carbonyl (C=O) groups is 1. The van der Waals surface area contributed by atoms with Gasteiger partial charge in [0.25, 0.3) is 0 Å². The Morgan fingerprint density at radius 2 is 1.46 bits per heavy atom. The second-order valence-corrected chi connectivity index (χ2v) is 5.82. The van der Waals surface area contributed by atoms with E-state index in [0.29, 0.717) is 11.0 Å². The van der Waals surface area contributed by atoms with Gasteiger partial charge in [-0.1, -0.05) is 6.92 Å². The van der Waals surface area contributed by atoms with E-state index in [2.05, 4.69) is 4.74 Å². The quantitative estimate of drug-likeness (QED) is 0.408. The Morgan fingerprint density at radius 1 is 0.929 bits per heavy atom. The Morgan fingerprint density at radius 3 is 2.00 bits per heavy atom. The molecule has 0 spiro atoms. The molecule has 28 heavy (non-hydrogen) atoms. The summed E-state index contributed by atoms with van der Waals surface area (Å²) in [5.74, 6) is -15.9. The minimum Gasteiger partial charge on any atom is -0.423 e. The maximum absolute atomic E-state index is 14.3. The predicted octanol–water partition coefficient (Wildman–Crippen LogP) is 4.92. The van der Waals surface area contributed by atoms with Crippen LogP contribution in [0.2, 0.25) is 0 Å². The minimum absolute atomic E-state index is 0.163. The van der Waals surface area contributed by atoms with E-state index in [-0.39, 0.29) is 19.0 Å². The first-order chi connectivity index (χ1) is 13.0. The fourth-order valence-corrected chi connectivity index (χ4v) is 2.76. The second kappa shape index (κ2) is 6.64. The topological polar surface area (TPSA) is 29.5 Å². The second-order valence-electron chi connectivity index (χ2n) is 5.82. The Bertz CT molecular complexity index is 963. The fourth-order valence-electron chi connectivity index (χ4n) is 2.76. The number of fused-ring (bicyclic) bond motifs is 1. The Hall–Kier alpha value is -2.85. The highest BCUT2D eigenvalue weighted by molar-refractivity contribution is 6.01. The molecule has 3 rings (SSSR count). The SMILES string of the molecule is CCCN1C(=O)C(F)(F)Oc2cc(F)c(-c3c(F)c(F)c(F)c(F)c3F)cc21. The molecule has 0 bridgehead atoms. The molecule has 11 heteroatoms. The van der Waals surface area contributed by atoms with Gasteiger partial charge in [-0.3, -0.25) is 4.79 Å². The molecule has 0 unspecified atom stereocenters. The first-order valence-electron chi connectivity index (χ1n) is 7.75. The number of halogens is 8. The zero-order chi connectivity index (χ0) is 21.0. The van der Waals surface area contributed by atoms with Crippen LogP contribution in [0, 0.1) is 34.9 Å². The number of alkyl halides is 2. The zero-order valence-electron chi connectivity index (χ0n) is 13.9. The van der Waals surface area contributed by atoms with Crippen molar-refractivity contribution in [3.05, 3.63) is 47.0 Å². The van der Waals surface area contributed by atoms with Crippen LogP contribution in [0.25, 0.3) is 11.1 Å². The van der Waals surface area contributed by atoms with Gasteiger partial charge in [0.05, 0.1) is 11.3 Å². The van der Waals surface area contributed by atoms with Gasteiger partial charge in [0, 0.05) is 18.2 Å². The average molecular weight is 411 g/mol. The van der Waals surface area contributed by atoms with E-state index in [1.54, 1.807) is 0 Å². The Kier molecular flexibility index (Phi) is 4.72. The summed E-state index contributed by atoms with van der Waals surface area (Å²) in [5.41, 5.74) is -3.22. The lowest BCUT2D eigenvalue weighted by atomic mass is 10.0. The largest absolute Gasteiger partial charge is 0.482 e. The molecule has 3 nitrogen and oxygen atoms in total. The van der Waals surface area contributed by atoms with E-state index in [1.165, 1.54) is 6.92 Å². The van der Waals surface area contributed by atoms with Crippen molar-refractivity contribution in [2.24, 2.45) is 0 Å². The molecule has 0 saturated heterocycles. The third-order valence-electron chi connectivity index (χ3n) is 4.00. The monoisotopic (exact) mass is 411 g/mol. The number of rotatable bonds is 3. The predicted molar refractivity (Wildman–Crippen MR) is 79.8 cm³/mol. The van der Waals surface area contributed by atoms with Gasteiger partial charge in [-0.2, -0.15) is 8.78 Å². The van der Waals surface area contributed by atoms with Crippen LogP contribution >= 0.6 is 0 Å². The number of nitrogens with zero attached hydrogens (tertiary/aromatic N) is 1. The molecule has 0 radical (unpaired) electrons. The van der Waals surface area contributed by atoms with Crippen molar-refractivity contribution < 1.29 is 44.7 Å². The summed E-state index contributed by atoms with van der Waals surface area (Å²) < 4.78 is 114. The number of anilines is 1. The summed E-state index contributed by atoms with van der Waals surface area (Å²) in [6, 6.07) is 0.803. The summed E-state index contributed by atoms with van der Waals surface area (Å²) >= 11 is 0. The molecule has 0 N–H and O–H groups in total. The average Bonchev–Trinajstić information content (AvgIpc) is 2.63. The molecule has 1 aliphatic rings. The molecule has 1 aliphatic heterocycles. The summed E-state index contributed by atoms with van der Waals surface area (Å²) in [6.07, 6.45) is -4.16. The number of benzene rings is 2. The summed E-state index contributed by atoms with van der Waals surface area (Å²) in [7, 11) is 0. The van der Waals surface area contributed by atoms with E-state index >= 15 is 0 Å². The minimum atomic E-state index is -4.32. The molecule has 2 aromatic rings. The van der Waals surface area contributed by atoms with Gasteiger partial charge in [-0.05, 0) is 12.5 Å². The smallest absolute Gasteiger partial charge is 0.423 e. The number of carbonyl (C=O) groups excluding carboxylic acids is 1. The highest BCUT2D eigenvalue weighted by Gasteiger charge is 2.50. The molecule has 150 valence electrons. The lowest BCUT2D eigenvalue weighted by molar-refractivity contribution is -0.192. The van der Waals surface area contributed by atoms with Gasteiger partial charge >= 0.3 is 12.0 Å². The lowest BCUT2D eigenvalue weighted by Crippen LogP contribution is -2.51. The van der Waals surface area contributed by atoms with Crippen LogP contribution < -0.4 is 9.64 Å². The molecule has 0 aromatic heterocycles. The highest BCUT2D eigenvalue weighted by Crippen LogP contribution is 2.44. The van der Waals surface area contributed by atoms with Crippen LogP contribution in [0.4, 0.5) is 40.8 Å². The van der Waals surface area contributed by atoms with Gasteiger partial charge in [-0.15, -0.1) is 0 Å². The van der Waals surface area contributed by atoms with E-state index in [1.807, 2.05) is 0 Å². The van der Waals surface area contributed by atoms with Crippen LogP contribution in [0.15, 0.2) is 12.1 Å². The van der Waals surface area contributed by atoms with Gasteiger partial charge in [0.1, 0.15) is 5.82 Å². The van der Waals surface area contributed by atoms with Crippen LogP contribution in [0.5, 0.6) is 5.75 Å². The van der Waals surface area contributed by atoms with Crippen molar-refractivity contribution in [1.82, 2.24) is 0 Å². The number of amides is 1. The van der Waals surface area contributed by atoms with Crippen LogP contribution in [0.1, 0.15) is 13.3 Å². The third-order valence-corrected chi connectivity index (χ3v) is 4.00. The molecule has 2 aromatic carbocycles. The molecule has 0 fully saturated rings. The van der Waals surface area contributed by atoms with Crippen molar-refractivity contribution >= 4 is 11.6 Å². The van der Waals surface area contributed by atoms with Gasteiger partial charge in [0.2, 0.25) is 5.82 Å². The summed E-state index contributed by atoms with van der Waals surface area (Å²) in [4.78, 5) is 12.3. The Balaban J connectivity index is 2.30. The number of hydrogen-bond acceptors (Lipinski definition) is 2. The van der Waals surface area contributed by atoms with Crippen molar-refractivity contribution in [3.63, 3.8) is 0 Å². The summed E-state index contributed by atoms with van der Waals surface area (Å²) in [5, 5.41) is 0. The van der Waals surface area contributed by atoms with Crippen molar-refractivity contribution in [2.75, 3.05) is 11.4 Å². The normalized spacial score (nSPS) is 15.5. The zero-order valence-corrected chi connectivity index (χ0v) is 13.9. The highest BCUT2D eigenvalue weighted by atomic mass is 19.3. The standard InChI is InChI=1S/C17H9F8NO2/c1-2-3-26-8-4-6(7(18)5-9(8)28-17(24,25)16(26)27)10-11(19)13(21)15(23)14(22)12(10)20/h4-5H,2-3H2,1H3. The van der Waals surface area contributed by atoms with Crippen LogP contribution in [0.3, 0.4) is 0 Å². The lowest BCUT2D eigenvalue weighted by Gasteiger charge is -2.33. The van der Waals surface area contributed by atoms with Crippen molar-refractivity contribution in [1.29, 1.82) is 0 Å². The molecule has 0 atom stereocenters. The molecular formula is C17H9F8NO2. The molecule has 0 aliphatic carbocycles. The maximum Gasteiger partial charge on any atom is 0.482 e. The first kappa shape index (κ1) is 19.9. The number of ether oxygens (including phenoxy) is 1. The van der Waals surface area contributed by atoms with E-state index in [4.69, 9.17) is 0 Å². The molecule has 0 saturated carbocycles. The molecule has 1 heterocycles. The third kappa shape index (κ3) is 2.85. The van der Waals surface area contributed by atoms with Crippen LogP contribution in [-0.4, -0.2) is 18.6 Å². The fraction of sp³-hybridized carbons (Fsp3) is 0.235. The van der Waals surface area contributed by atoms with Gasteiger partial charge < -0.3 is 9.64 Å². The van der Waals surface area contributed by atoms with Gasteiger partial charge in [-0.25, -0.2) is 26.3 Å². The van der Waals surface area contributed by atoms with Crippen molar-refractivity contribution in [3.8, 4) is 16.9 Å². The Labute approximate surface area is 152 Å².